The van der Waals surface area contributed by atoms with Crippen molar-refractivity contribution in [2.24, 2.45) is 0 Å². The number of hydrogen-bond donors (Lipinski definition) is 3. The number of fused-ring (bicyclic) bond motifs is 1. The van der Waals surface area contributed by atoms with E-state index in [2.05, 4.69) is 10.2 Å². The number of benzene rings is 1. The summed E-state index contributed by atoms with van der Waals surface area (Å²) in [4.78, 5) is 0. The molecular weight excluding hydrogens is 338 g/mol. The Morgan fingerprint density at radius 2 is 2.12 bits per heavy atom. The molecule has 1 aliphatic rings. The van der Waals surface area contributed by atoms with Crippen molar-refractivity contribution in [2.75, 3.05) is 0 Å². The molecule has 128 valence electrons. The van der Waals surface area contributed by atoms with E-state index >= 15 is 0 Å². The number of H-pyrrole nitrogens is 1. The number of hydrogen-bond acceptors (Lipinski definition) is 5. The fourth-order valence-corrected chi connectivity index (χ4v) is 3.43. The van der Waals surface area contributed by atoms with E-state index in [-0.39, 0.29) is 11.5 Å². The van der Waals surface area contributed by atoms with Crippen LogP contribution in [0.5, 0.6) is 11.5 Å². The van der Waals surface area contributed by atoms with Crippen molar-refractivity contribution in [1.82, 2.24) is 14.8 Å². The molecule has 7 heteroatoms. The van der Waals surface area contributed by atoms with Gasteiger partial charge in [-0.05, 0) is 48.8 Å². The van der Waals surface area contributed by atoms with Gasteiger partial charge in [0, 0.05) is 23.7 Å². The lowest BCUT2D eigenvalue weighted by molar-refractivity contribution is 0.447. The Bertz CT molecular complexity index is 1040. The van der Waals surface area contributed by atoms with Gasteiger partial charge in [-0.1, -0.05) is 6.92 Å². The SMILES string of the molecule is CCc1cc(-c2n[nH]c(=S)n2C2=Cc3ccoc3CC2)c(O)cc1O. The van der Waals surface area contributed by atoms with Gasteiger partial charge in [-0.15, -0.1) is 0 Å². The number of phenolic OH excluding ortho intramolecular Hbond substituents is 2. The van der Waals surface area contributed by atoms with Gasteiger partial charge in [-0.25, -0.2) is 0 Å². The van der Waals surface area contributed by atoms with E-state index < -0.39 is 0 Å². The molecule has 1 aliphatic carbocycles. The van der Waals surface area contributed by atoms with Crippen molar-refractivity contribution in [3.05, 3.63) is 46.1 Å². The highest BCUT2D eigenvalue weighted by Gasteiger charge is 2.21. The molecule has 0 fully saturated rings. The topological polar surface area (TPSA) is 87.2 Å². The van der Waals surface area contributed by atoms with Crippen molar-refractivity contribution in [3.8, 4) is 22.9 Å². The zero-order chi connectivity index (χ0) is 17.6. The molecule has 4 rings (SSSR count). The highest BCUT2D eigenvalue weighted by Crippen LogP contribution is 2.37. The molecule has 0 saturated heterocycles. The highest BCUT2D eigenvalue weighted by atomic mass is 32.1. The Morgan fingerprint density at radius 1 is 1.28 bits per heavy atom. The number of furan rings is 1. The molecular formula is C18H17N3O3S. The molecule has 0 spiro atoms. The predicted octanol–water partition coefficient (Wildman–Crippen LogP) is 4.12. The molecule has 25 heavy (non-hydrogen) atoms. The summed E-state index contributed by atoms with van der Waals surface area (Å²) in [5, 5.41) is 27.4. The van der Waals surface area contributed by atoms with Crippen molar-refractivity contribution >= 4 is 24.0 Å². The smallest absolute Gasteiger partial charge is 0.199 e. The van der Waals surface area contributed by atoms with Gasteiger partial charge >= 0.3 is 0 Å². The highest BCUT2D eigenvalue weighted by molar-refractivity contribution is 7.71. The summed E-state index contributed by atoms with van der Waals surface area (Å²) in [6, 6.07) is 5.02. The number of nitrogens with zero attached hydrogens (tertiary/aromatic N) is 2. The van der Waals surface area contributed by atoms with Crippen molar-refractivity contribution in [2.45, 2.75) is 26.2 Å². The van der Waals surface area contributed by atoms with Crippen LogP contribution in [0.3, 0.4) is 0 Å². The third kappa shape index (κ3) is 2.56. The molecule has 0 atom stereocenters. The fourth-order valence-electron chi connectivity index (χ4n) is 3.18. The first-order valence-electron chi connectivity index (χ1n) is 8.08. The van der Waals surface area contributed by atoms with E-state index in [9.17, 15) is 10.2 Å². The standard InChI is InChI=1S/C18H17N3O3S/c1-2-10-8-13(15(23)9-14(10)22)17-19-20-18(25)21(17)12-3-4-16-11(7-12)5-6-24-16/h5-9,22-23H,2-4H2,1H3,(H,20,25). The average Bonchev–Trinajstić information content (AvgIpc) is 3.20. The van der Waals surface area contributed by atoms with Crippen molar-refractivity contribution in [3.63, 3.8) is 0 Å². The monoisotopic (exact) mass is 355 g/mol. The average molecular weight is 355 g/mol. The minimum Gasteiger partial charge on any atom is -0.508 e. The molecule has 0 bridgehead atoms. The molecule has 0 saturated carbocycles. The second-order valence-electron chi connectivity index (χ2n) is 5.97. The van der Waals surface area contributed by atoms with Crippen molar-refractivity contribution < 1.29 is 14.6 Å². The molecule has 0 unspecified atom stereocenters. The molecule has 0 aliphatic heterocycles. The van der Waals surface area contributed by atoms with Crippen LogP contribution in [-0.2, 0) is 12.8 Å². The van der Waals surface area contributed by atoms with Crippen LogP contribution in [0.4, 0.5) is 0 Å². The van der Waals surface area contributed by atoms with Crippen LogP contribution >= 0.6 is 12.2 Å². The van der Waals surface area contributed by atoms with Gasteiger partial charge in [-0.3, -0.25) is 9.67 Å². The van der Waals surface area contributed by atoms with Gasteiger partial charge in [0.05, 0.1) is 11.8 Å². The summed E-state index contributed by atoms with van der Waals surface area (Å²) in [5.74, 6) is 1.52. The largest absolute Gasteiger partial charge is 0.508 e. The van der Waals surface area contributed by atoms with Crippen LogP contribution in [0.2, 0.25) is 0 Å². The first-order chi connectivity index (χ1) is 12.1. The molecule has 0 amide bonds. The number of phenols is 2. The fraction of sp³-hybridized carbons (Fsp3) is 0.222. The molecule has 6 nitrogen and oxygen atoms in total. The maximum absolute atomic E-state index is 10.3. The number of aryl methyl sites for hydroxylation is 2. The Kier molecular flexibility index (Phi) is 3.73. The van der Waals surface area contributed by atoms with E-state index in [1.54, 1.807) is 12.3 Å². The normalized spacial score (nSPS) is 13.6. The minimum absolute atomic E-state index is 0.0367. The second kappa shape index (κ2) is 5.93. The summed E-state index contributed by atoms with van der Waals surface area (Å²) >= 11 is 5.41. The Labute approximate surface area is 149 Å². The predicted molar refractivity (Wildman–Crippen MR) is 96.8 cm³/mol. The van der Waals surface area contributed by atoms with Gasteiger partial charge in [0.15, 0.2) is 10.6 Å². The molecule has 0 radical (unpaired) electrons. The van der Waals surface area contributed by atoms with E-state index in [1.165, 1.54) is 6.07 Å². The first-order valence-corrected chi connectivity index (χ1v) is 8.49. The van der Waals surface area contributed by atoms with Crippen LogP contribution in [0.1, 0.15) is 30.2 Å². The number of aromatic nitrogens is 3. The zero-order valence-corrected chi connectivity index (χ0v) is 14.4. The molecule has 2 heterocycles. The molecule has 3 aromatic rings. The number of rotatable bonds is 3. The van der Waals surface area contributed by atoms with Crippen molar-refractivity contribution in [1.29, 1.82) is 0 Å². The third-order valence-electron chi connectivity index (χ3n) is 4.49. The van der Waals surface area contributed by atoms with E-state index in [0.717, 1.165) is 35.4 Å². The minimum atomic E-state index is -0.0367. The maximum atomic E-state index is 10.3. The third-order valence-corrected chi connectivity index (χ3v) is 4.76. The Morgan fingerprint density at radius 3 is 2.92 bits per heavy atom. The summed E-state index contributed by atoms with van der Waals surface area (Å²) in [6.45, 7) is 1.94. The van der Waals surface area contributed by atoms with Gasteiger partial charge in [-0.2, -0.15) is 5.10 Å². The van der Waals surface area contributed by atoms with Gasteiger partial charge in [0.2, 0.25) is 0 Å². The molecule has 1 aromatic carbocycles. The molecule has 3 N–H and O–H groups in total. The van der Waals surface area contributed by atoms with Crippen LogP contribution in [0.15, 0.2) is 28.9 Å². The lowest BCUT2D eigenvalue weighted by atomic mass is 10.0. The second-order valence-corrected chi connectivity index (χ2v) is 6.36. The summed E-state index contributed by atoms with van der Waals surface area (Å²) in [7, 11) is 0. The quantitative estimate of drug-likeness (QED) is 0.615. The van der Waals surface area contributed by atoms with E-state index in [4.69, 9.17) is 16.6 Å². The number of allylic oxidation sites excluding steroid dienone is 1. The Balaban J connectivity index is 1.89. The van der Waals surface area contributed by atoms with E-state index in [1.807, 2.05) is 23.6 Å². The van der Waals surface area contributed by atoms with Gasteiger partial charge in [0.1, 0.15) is 17.3 Å². The number of aromatic hydroxyl groups is 2. The zero-order valence-electron chi connectivity index (χ0n) is 13.6. The van der Waals surface area contributed by atoms with Crippen LogP contribution in [-0.4, -0.2) is 25.0 Å². The lowest BCUT2D eigenvalue weighted by Gasteiger charge is -2.16. The number of nitrogens with one attached hydrogen (secondary N) is 1. The van der Waals surface area contributed by atoms with Crippen LogP contribution in [0, 0.1) is 4.77 Å². The van der Waals surface area contributed by atoms with Crippen LogP contribution in [0.25, 0.3) is 23.2 Å². The summed E-state index contributed by atoms with van der Waals surface area (Å²) in [5.41, 5.74) is 3.27. The first kappa shape index (κ1) is 15.7. The lowest BCUT2D eigenvalue weighted by Crippen LogP contribution is -2.05. The number of aromatic amines is 1. The molecule has 2 aromatic heterocycles. The summed E-state index contributed by atoms with van der Waals surface area (Å²) < 4.78 is 7.75. The van der Waals surface area contributed by atoms with E-state index in [0.29, 0.717) is 22.6 Å². The van der Waals surface area contributed by atoms with Gasteiger partial charge in [0.25, 0.3) is 0 Å². The summed E-state index contributed by atoms with van der Waals surface area (Å²) in [6.07, 6.45) is 5.88. The van der Waals surface area contributed by atoms with Gasteiger partial charge < -0.3 is 14.6 Å². The Hall–Kier alpha value is -2.80. The maximum Gasteiger partial charge on any atom is 0.199 e. The van der Waals surface area contributed by atoms with Crippen LogP contribution < -0.4 is 0 Å².